The van der Waals surface area contributed by atoms with Crippen molar-refractivity contribution in [1.82, 2.24) is 15.1 Å². The summed E-state index contributed by atoms with van der Waals surface area (Å²) in [4.78, 5) is 30.1. The average Bonchev–Trinajstić information content (AvgIpc) is 3.23. The van der Waals surface area contributed by atoms with Gasteiger partial charge in [-0.15, -0.1) is 0 Å². The van der Waals surface area contributed by atoms with Crippen LogP contribution < -0.4 is 5.32 Å². The molecule has 3 rings (SSSR count). The molecule has 0 spiro atoms. The Bertz CT molecular complexity index is 976. The Morgan fingerprint density at radius 3 is 2.72 bits per heavy atom. The van der Waals surface area contributed by atoms with Crippen LogP contribution in [0.25, 0.3) is 0 Å². The van der Waals surface area contributed by atoms with E-state index in [-0.39, 0.29) is 18.2 Å². The number of amides is 1. The largest absolute Gasteiger partial charge is 0.384 e. The van der Waals surface area contributed by atoms with E-state index in [0.29, 0.717) is 18.4 Å². The Morgan fingerprint density at radius 2 is 2.07 bits per heavy atom. The molecular formula is C22H28N4O3. The fraction of sp³-hybridized carbons (Fsp3) is 0.455. The number of ketones is 1. The molecule has 1 atom stereocenters. The van der Waals surface area contributed by atoms with E-state index in [9.17, 15) is 9.59 Å². The highest BCUT2D eigenvalue weighted by atomic mass is 16.7. The van der Waals surface area contributed by atoms with Crippen molar-refractivity contribution in [3.63, 3.8) is 0 Å². The number of oxime groups is 1. The topological polar surface area (TPSA) is 85.6 Å². The van der Waals surface area contributed by atoms with Gasteiger partial charge >= 0.3 is 0 Å². The average molecular weight is 396 g/mol. The minimum atomic E-state index is -0.590. The van der Waals surface area contributed by atoms with Crippen LogP contribution in [0.1, 0.15) is 65.9 Å². The van der Waals surface area contributed by atoms with Crippen LogP contribution >= 0.6 is 0 Å². The van der Waals surface area contributed by atoms with Crippen LogP contribution in [0.4, 0.5) is 0 Å². The van der Waals surface area contributed by atoms with Crippen LogP contribution in [0.2, 0.25) is 0 Å². The lowest BCUT2D eigenvalue weighted by molar-refractivity contribution is -0.118. The third-order valence-electron chi connectivity index (χ3n) is 5.24. The van der Waals surface area contributed by atoms with Crippen LogP contribution in [-0.2, 0) is 22.3 Å². The second-order valence-corrected chi connectivity index (χ2v) is 7.84. The lowest BCUT2D eigenvalue weighted by atomic mass is 9.89. The van der Waals surface area contributed by atoms with Gasteiger partial charge in [-0.25, -0.2) is 0 Å². The second kappa shape index (κ2) is 8.19. The molecule has 1 aromatic carbocycles. The summed E-state index contributed by atoms with van der Waals surface area (Å²) in [5.74, 6) is -0.218. The summed E-state index contributed by atoms with van der Waals surface area (Å²) in [5.41, 5.74) is 4.33. The van der Waals surface area contributed by atoms with E-state index >= 15 is 0 Å². The number of carbonyl (C=O) groups excluding carboxylic acids is 2. The van der Waals surface area contributed by atoms with E-state index in [1.54, 1.807) is 4.68 Å². The Hall–Kier alpha value is -2.96. The Morgan fingerprint density at radius 1 is 1.31 bits per heavy atom. The molecule has 0 aliphatic carbocycles. The molecule has 0 radical (unpaired) electrons. The smallest absolute Gasteiger partial charge is 0.251 e. The lowest BCUT2D eigenvalue weighted by Crippen LogP contribution is -2.30. The number of hydrogen-bond donors (Lipinski definition) is 1. The molecule has 0 saturated carbocycles. The molecule has 1 aliphatic heterocycles. The van der Waals surface area contributed by atoms with Crippen molar-refractivity contribution in [2.75, 3.05) is 6.54 Å². The van der Waals surface area contributed by atoms with Gasteiger partial charge in [0.15, 0.2) is 11.4 Å². The SMILES string of the molecule is CCCC(=O)CNC(=O)c1cc(C2=NOC(C)(c3cn(C)nc3C)C2)ccc1C. The monoisotopic (exact) mass is 396 g/mol. The quantitative estimate of drug-likeness (QED) is 0.779. The molecule has 154 valence electrons. The number of carbonyl (C=O) groups is 2. The fourth-order valence-corrected chi connectivity index (χ4v) is 3.65. The molecule has 1 amide bonds. The molecule has 1 aromatic heterocycles. The van der Waals surface area contributed by atoms with Gasteiger partial charge in [0.05, 0.1) is 18.0 Å². The van der Waals surface area contributed by atoms with Crippen molar-refractivity contribution in [3.8, 4) is 0 Å². The summed E-state index contributed by atoms with van der Waals surface area (Å²) in [6, 6.07) is 5.66. The van der Waals surface area contributed by atoms with Crippen molar-refractivity contribution >= 4 is 17.4 Å². The number of nitrogens with one attached hydrogen (secondary N) is 1. The number of hydrogen-bond acceptors (Lipinski definition) is 5. The zero-order valence-corrected chi connectivity index (χ0v) is 17.7. The molecule has 0 bridgehead atoms. The minimum absolute atomic E-state index is 0.0332. The van der Waals surface area contributed by atoms with Crippen molar-refractivity contribution in [2.45, 2.75) is 52.6 Å². The maximum atomic E-state index is 12.6. The van der Waals surface area contributed by atoms with Gasteiger partial charge in [0, 0.05) is 42.8 Å². The summed E-state index contributed by atoms with van der Waals surface area (Å²) in [6.45, 7) is 7.82. The van der Waals surface area contributed by atoms with Gasteiger partial charge in [-0.3, -0.25) is 14.3 Å². The second-order valence-electron chi connectivity index (χ2n) is 7.84. The van der Waals surface area contributed by atoms with E-state index in [2.05, 4.69) is 15.6 Å². The number of Topliss-reactive ketones (excluding diaryl/α,β-unsaturated/α-hetero) is 1. The molecule has 7 nitrogen and oxygen atoms in total. The molecular weight excluding hydrogens is 368 g/mol. The fourth-order valence-electron chi connectivity index (χ4n) is 3.65. The predicted molar refractivity (Wildman–Crippen MR) is 111 cm³/mol. The number of benzene rings is 1. The lowest BCUT2D eigenvalue weighted by Gasteiger charge is -2.20. The van der Waals surface area contributed by atoms with Gasteiger partial charge in [-0.1, -0.05) is 24.2 Å². The van der Waals surface area contributed by atoms with E-state index < -0.39 is 5.60 Å². The first-order valence-corrected chi connectivity index (χ1v) is 9.90. The van der Waals surface area contributed by atoms with Crippen LogP contribution in [-0.4, -0.2) is 33.7 Å². The van der Waals surface area contributed by atoms with Gasteiger partial charge in [0.25, 0.3) is 5.91 Å². The zero-order valence-electron chi connectivity index (χ0n) is 17.7. The molecule has 0 saturated heterocycles. The Labute approximate surface area is 171 Å². The molecule has 0 fully saturated rings. The van der Waals surface area contributed by atoms with Crippen molar-refractivity contribution < 1.29 is 14.4 Å². The maximum Gasteiger partial charge on any atom is 0.251 e. The van der Waals surface area contributed by atoms with Gasteiger partial charge < -0.3 is 10.2 Å². The predicted octanol–water partition coefficient (Wildman–Crippen LogP) is 3.18. The first-order valence-electron chi connectivity index (χ1n) is 9.90. The summed E-state index contributed by atoms with van der Waals surface area (Å²) < 4.78 is 1.77. The maximum absolute atomic E-state index is 12.6. The third kappa shape index (κ3) is 4.39. The van der Waals surface area contributed by atoms with Gasteiger partial charge in [0.2, 0.25) is 0 Å². The molecule has 29 heavy (non-hydrogen) atoms. The number of rotatable bonds is 7. The number of aryl methyl sites for hydroxylation is 3. The summed E-state index contributed by atoms with van der Waals surface area (Å²) in [5, 5.41) is 11.4. The standard InChI is InChI=1S/C22H28N4O3/c1-6-7-17(27)12-23-21(28)18-10-16(9-8-14(18)2)20-11-22(4,29-25-20)19-13-26(5)24-15(19)3/h8-10,13H,6-7,11-12H2,1-5H3,(H,23,28). The van der Waals surface area contributed by atoms with Crippen LogP contribution in [0.3, 0.4) is 0 Å². The number of aromatic nitrogens is 2. The van der Waals surface area contributed by atoms with E-state index in [0.717, 1.165) is 34.5 Å². The van der Waals surface area contributed by atoms with Gasteiger partial charge in [0.1, 0.15) is 0 Å². The highest BCUT2D eigenvalue weighted by Gasteiger charge is 2.39. The van der Waals surface area contributed by atoms with Crippen LogP contribution in [0, 0.1) is 13.8 Å². The van der Waals surface area contributed by atoms with Gasteiger partial charge in [-0.2, -0.15) is 5.10 Å². The van der Waals surface area contributed by atoms with E-state index in [1.807, 2.05) is 59.1 Å². The van der Waals surface area contributed by atoms with Crippen molar-refractivity contribution in [2.24, 2.45) is 12.2 Å². The summed E-state index contributed by atoms with van der Waals surface area (Å²) >= 11 is 0. The number of nitrogens with zero attached hydrogens (tertiary/aromatic N) is 3. The molecule has 1 aliphatic rings. The molecule has 2 aromatic rings. The summed E-state index contributed by atoms with van der Waals surface area (Å²) in [7, 11) is 1.88. The molecule has 2 heterocycles. The van der Waals surface area contributed by atoms with E-state index in [4.69, 9.17) is 4.84 Å². The highest BCUT2D eigenvalue weighted by Crippen LogP contribution is 2.37. The zero-order chi connectivity index (χ0) is 21.2. The van der Waals surface area contributed by atoms with E-state index in [1.165, 1.54) is 0 Å². The summed E-state index contributed by atoms with van der Waals surface area (Å²) in [6.07, 6.45) is 3.78. The Balaban J connectivity index is 1.77. The first kappa shape index (κ1) is 20.8. The van der Waals surface area contributed by atoms with Crippen LogP contribution in [0.5, 0.6) is 0 Å². The molecule has 1 unspecified atom stereocenters. The van der Waals surface area contributed by atoms with Crippen LogP contribution in [0.15, 0.2) is 29.6 Å². The third-order valence-corrected chi connectivity index (χ3v) is 5.24. The minimum Gasteiger partial charge on any atom is -0.384 e. The molecule has 7 heteroatoms. The highest BCUT2D eigenvalue weighted by molar-refractivity contribution is 6.05. The van der Waals surface area contributed by atoms with Crippen molar-refractivity contribution in [1.29, 1.82) is 0 Å². The Kier molecular flexibility index (Phi) is 5.86. The molecule has 1 N–H and O–H groups in total. The van der Waals surface area contributed by atoms with Crippen molar-refractivity contribution in [3.05, 3.63) is 52.3 Å². The first-order chi connectivity index (χ1) is 13.7. The normalized spacial score (nSPS) is 18.3. The van der Waals surface area contributed by atoms with Gasteiger partial charge in [-0.05, 0) is 38.8 Å².